The highest BCUT2D eigenvalue weighted by atomic mass is 14.7. The third-order valence-corrected chi connectivity index (χ3v) is 1.84. The van der Waals surface area contributed by atoms with Crippen LogP contribution in [0.25, 0.3) is 0 Å². The first-order valence-corrected chi connectivity index (χ1v) is 3.81. The van der Waals surface area contributed by atoms with E-state index in [-0.39, 0.29) is 0 Å². The Balaban J connectivity index is 0.000000561. The lowest BCUT2D eigenvalue weighted by atomic mass is 10.1. The molecule has 1 aromatic heterocycles. The topological polar surface area (TPSA) is 38.9 Å². The van der Waals surface area contributed by atoms with Crippen LogP contribution < -0.4 is 5.73 Å². The van der Waals surface area contributed by atoms with Crippen molar-refractivity contribution >= 4 is 5.69 Å². The van der Waals surface area contributed by atoms with Gasteiger partial charge in [0.1, 0.15) is 0 Å². The fraction of sp³-hybridized carbons (Fsp3) is 0.300. The van der Waals surface area contributed by atoms with Gasteiger partial charge in [-0.25, -0.2) is 0 Å². The maximum Gasteiger partial charge on any atom is 0.0604 e. The minimum atomic E-state index is 0.819. The van der Waals surface area contributed by atoms with Crippen molar-refractivity contribution in [3.05, 3.63) is 36.2 Å². The minimum absolute atomic E-state index is 0.819. The van der Waals surface area contributed by atoms with Crippen LogP contribution in [-0.2, 0) is 0 Å². The molecular formula is C10H16N2. The van der Waals surface area contributed by atoms with Gasteiger partial charge in [-0.15, -0.1) is 13.2 Å². The minimum Gasteiger partial charge on any atom is -0.397 e. The van der Waals surface area contributed by atoms with E-state index in [2.05, 4.69) is 18.1 Å². The molecule has 2 heteroatoms. The van der Waals surface area contributed by atoms with Crippen molar-refractivity contribution in [2.45, 2.75) is 20.8 Å². The van der Waals surface area contributed by atoms with E-state index in [0.717, 1.165) is 22.5 Å². The van der Waals surface area contributed by atoms with Gasteiger partial charge in [0.15, 0.2) is 0 Å². The van der Waals surface area contributed by atoms with Gasteiger partial charge in [0, 0.05) is 6.20 Å². The van der Waals surface area contributed by atoms with Crippen LogP contribution in [0.2, 0.25) is 0 Å². The predicted molar refractivity (Wildman–Crippen MR) is 54.1 cm³/mol. The summed E-state index contributed by atoms with van der Waals surface area (Å²) >= 11 is 0. The molecule has 0 aromatic carbocycles. The van der Waals surface area contributed by atoms with E-state index in [1.807, 2.05) is 27.0 Å². The zero-order valence-corrected chi connectivity index (χ0v) is 8.02. The number of rotatable bonds is 0. The molecule has 2 N–H and O–H groups in total. The number of aryl methyl sites for hydroxylation is 2. The van der Waals surface area contributed by atoms with E-state index >= 15 is 0 Å². The average molecular weight is 164 g/mol. The Labute approximate surface area is 74.1 Å². The summed E-state index contributed by atoms with van der Waals surface area (Å²) in [6.45, 7) is 11.9. The number of hydrogen-bond donors (Lipinski definition) is 1. The first kappa shape index (κ1) is 10.7. The Morgan fingerprint density at radius 1 is 1.25 bits per heavy atom. The van der Waals surface area contributed by atoms with E-state index in [4.69, 9.17) is 5.73 Å². The highest BCUT2D eigenvalue weighted by Gasteiger charge is 1.99. The van der Waals surface area contributed by atoms with Crippen LogP contribution in [-0.4, -0.2) is 4.98 Å². The van der Waals surface area contributed by atoms with Crippen LogP contribution in [0.1, 0.15) is 16.8 Å². The number of nitrogens with zero attached hydrogens (tertiary/aromatic N) is 1. The number of hydrogen-bond acceptors (Lipinski definition) is 2. The molecule has 0 aliphatic heterocycles. The van der Waals surface area contributed by atoms with Crippen molar-refractivity contribution in [1.82, 2.24) is 4.98 Å². The zero-order chi connectivity index (χ0) is 9.72. The van der Waals surface area contributed by atoms with E-state index < -0.39 is 0 Å². The Morgan fingerprint density at radius 3 is 2.17 bits per heavy atom. The summed E-state index contributed by atoms with van der Waals surface area (Å²) in [5.41, 5.74) is 9.76. The van der Waals surface area contributed by atoms with Crippen LogP contribution in [0.4, 0.5) is 5.69 Å². The first-order valence-electron chi connectivity index (χ1n) is 3.81. The molecule has 2 nitrogen and oxygen atoms in total. The molecule has 0 saturated carbocycles. The van der Waals surface area contributed by atoms with Crippen LogP contribution >= 0.6 is 0 Å². The molecule has 0 atom stereocenters. The first-order chi connectivity index (χ1) is 5.63. The standard InChI is InChI=1S/C8H12N2.C2H4/c1-5-4-10-7(3)8(9)6(5)2;1-2/h4H,9H2,1-3H3;1-2H2. The number of nitrogen functional groups attached to an aromatic ring is 1. The summed E-state index contributed by atoms with van der Waals surface area (Å²) in [7, 11) is 0. The zero-order valence-electron chi connectivity index (χ0n) is 8.02. The molecule has 0 bridgehead atoms. The van der Waals surface area contributed by atoms with Crippen LogP contribution in [0.15, 0.2) is 19.4 Å². The van der Waals surface area contributed by atoms with Crippen molar-refractivity contribution in [2.75, 3.05) is 5.73 Å². The van der Waals surface area contributed by atoms with E-state index in [9.17, 15) is 0 Å². The lowest BCUT2D eigenvalue weighted by Crippen LogP contribution is -1.97. The average Bonchev–Trinajstić information content (AvgIpc) is 2.12. The smallest absolute Gasteiger partial charge is 0.0604 e. The number of anilines is 1. The second-order valence-electron chi connectivity index (χ2n) is 2.57. The van der Waals surface area contributed by atoms with Crippen LogP contribution in [0, 0.1) is 20.8 Å². The molecule has 66 valence electrons. The summed E-state index contributed by atoms with van der Waals surface area (Å²) in [5.74, 6) is 0. The summed E-state index contributed by atoms with van der Waals surface area (Å²) in [5, 5.41) is 0. The Bertz CT molecular complexity index is 240. The molecule has 1 heterocycles. The molecule has 0 saturated heterocycles. The van der Waals surface area contributed by atoms with Gasteiger partial charge in [0.25, 0.3) is 0 Å². The lowest BCUT2D eigenvalue weighted by Gasteiger charge is -2.04. The van der Waals surface area contributed by atoms with E-state index in [1.54, 1.807) is 0 Å². The monoisotopic (exact) mass is 164 g/mol. The van der Waals surface area contributed by atoms with Crippen LogP contribution in [0.3, 0.4) is 0 Å². The van der Waals surface area contributed by atoms with Crippen molar-refractivity contribution < 1.29 is 0 Å². The van der Waals surface area contributed by atoms with E-state index in [1.165, 1.54) is 0 Å². The molecule has 0 radical (unpaired) electrons. The lowest BCUT2D eigenvalue weighted by molar-refractivity contribution is 1.15. The molecule has 0 amide bonds. The van der Waals surface area contributed by atoms with Gasteiger partial charge >= 0.3 is 0 Å². The molecule has 1 rings (SSSR count). The number of aromatic nitrogens is 1. The molecule has 1 aromatic rings. The highest BCUT2D eigenvalue weighted by Crippen LogP contribution is 2.16. The third-order valence-electron chi connectivity index (χ3n) is 1.84. The summed E-state index contributed by atoms with van der Waals surface area (Å²) < 4.78 is 0. The van der Waals surface area contributed by atoms with Gasteiger partial charge in [-0.1, -0.05) is 0 Å². The SMILES string of the molecule is C=C.Cc1cnc(C)c(N)c1C. The third kappa shape index (κ3) is 2.09. The quantitative estimate of drug-likeness (QED) is 0.598. The fourth-order valence-electron chi connectivity index (χ4n) is 0.844. The van der Waals surface area contributed by atoms with Crippen molar-refractivity contribution in [3.8, 4) is 0 Å². The van der Waals surface area contributed by atoms with Crippen molar-refractivity contribution in [3.63, 3.8) is 0 Å². The van der Waals surface area contributed by atoms with Gasteiger partial charge in [0.05, 0.1) is 11.4 Å². The Hall–Kier alpha value is -1.31. The molecule has 0 unspecified atom stereocenters. The maximum absolute atomic E-state index is 5.72. The molecule has 0 fully saturated rings. The largest absolute Gasteiger partial charge is 0.397 e. The van der Waals surface area contributed by atoms with Gasteiger partial charge in [0.2, 0.25) is 0 Å². The molecular weight excluding hydrogens is 148 g/mol. The Morgan fingerprint density at radius 2 is 1.75 bits per heavy atom. The molecule has 0 spiro atoms. The Kier molecular flexibility index (Phi) is 4.05. The molecule has 12 heavy (non-hydrogen) atoms. The summed E-state index contributed by atoms with van der Waals surface area (Å²) in [6, 6.07) is 0. The summed E-state index contributed by atoms with van der Waals surface area (Å²) in [6.07, 6.45) is 1.85. The van der Waals surface area contributed by atoms with Gasteiger partial charge < -0.3 is 5.73 Å². The second kappa shape index (κ2) is 4.54. The van der Waals surface area contributed by atoms with Crippen LogP contribution in [0.5, 0.6) is 0 Å². The fourth-order valence-corrected chi connectivity index (χ4v) is 0.844. The van der Waals surface area contributed by atoms with E-state index in [0.29, 0.717) is 0 Å². The van der Waals surface area contributed by atoms with Crippen molar-refractivity contribution in [1.29, 1.82) is 0 Å². The summed E-state index contributed by atoms with van der Waals surface area (Å²) in [4.78, 5) is 4.11. The molecule has 0 aliphatic carbocycles. The van der Waals surface area contributed by atoms with Gasteiger partial charge in [-0.2, -0.15) is 0 Å². The highest BCUT2D eigenvalue weighted by molar-refractivity contribution is 5.51. The predicted octanol–water partition coefficient (Wildman–Crippen LogP) is 2.39. The molecule has 0 aliphatic rings. The van der Waals surface area contributed by atoms with Gasteiger partial charge in [-0.3, -0.25) is 4.98 Å². The number of nitrogens with two attached hydrogens (primary N) is 1. The maximum atomic E-state index is 5.72. The second-order valence-corrected chi connectivity index (χ2v) is 2.57. The van der Waals surface area contributed by atoms with Gasteiger partial charge in [-0.05, 0) is 31.9 Å². The van der Waals surface area contributed by atoms with Crippen molar-refractivity contribution in [2.24, 2.45) is 0 Å². The normalized spacial score (nSPS) is 8.58. The number of pyridine rings is 1.